The van der Waals surface area contributed by atoms with Gasteiger partial charge in [-0.1, -0.05) is 6.07 Å². The van der Waals surface area contributed by atoms with E-state index in [9.17, 15) is 9.59 Å². The predicted molar refractivity (Wildman–Crippen MR) is 72.6 cm³/mol. The molecule has 1 aliphatic rings. The fourth-order valence-corrected chi connectivity index (χ4v) is 2.21. The highest BCUT2D eigenvalue weighted by Gasteiger charge is 2.34. The zero-order valence-electron chi connectivity index (χ0n) is 11.5. The molecule has 2 amide bonds. The first-order valence-corrected chi connectivity index (χ1v) is 6.65. The summed E-state index contributed by atoms with van der Waals surface area (Å²) in [6, 6.07) is 5.60. The zero-order chi connectivity index (χ0) is 14.4. The normalized spacial score (nSPS) is 18.4. The lowest BCUT2D eigenvalue weighted by Crippen LogP contribution is -2.34. The largest absolute Gasteiger partial charge is 0.383 e. The molecule has 6 heteroatoms. The molecule has 0 unspecified atom stereocenters. The average molecular weight is 277 g/mol. The van der Waals surface area contributed by atoms with E-state index in [1.54, 1.807) is 18.2 Å². The summed E-state index contributed by atoms with van der Waals surface area (Å²) in [5.74, 6) is -0.357. The second-order valence-electron chi connectivity index (χ2n) is 4.78. The van der Waals surface area contributed by atoms with Crippen molar-refractivity contribution in [2.45, 2.75) is 13.0 Å². The fourth-order valence-electron chi connectivity index (χ4n) is 2.21. The van der Waals surface area contributed by atoms with Crippen molar-refractivity contribution >= 4 is 11.8 Å². The Hall–Kier alpha value is -1.95. The number of likely N-dealkylation sites (tertiary alicyclic amines) is 1. The third-order valence-electron chi connectivity index (χ3n) is 3.27. The van der Waals surface area contributed by atoms with E-state index in [2.05, 4.69) is 10.3 Å². The molecular formula is C14H19N3O3. The molecule has 0 aromatic carbocycles. The third kappa shape index (κ3) is 3.77. The molecule has 1 aliphatic heterocycles. The molecule has 20 heavy (non-hydrogen) atoms. The van der Waals surface area contributed by atoms with Crippen LogP contribution in [0, 0.1) is 5.92 Å². The number of carbonyl (C=O) groups excluding carboxylic acids is 2. The van der Waals surface area contributed by atoms with E-state index in [1.807, 2.05) is 18.2 Å². The molecule has 2 rings (SSSR count). The SMILES string of the molecule is COCCNC(=O)[C@@H]1CC(=O)N(Cc2ccccn2)C1. The Balaban J connectivity index is 1.85. The molecule has 6 nitrogen and oxygen atoms in total. The smallest absolute Gasteiger partial charge is 0.225 e. The van der Waals surface area contributed by atoms with Gasteiger partial charge in [-0.2, -0.15) is 0 Å². The van der Waals surface area contributed by atoms with Crippen molar-refractivity contribution in [3.63, 3.8) is 0 Å². The lowest BCUT2D eigenvalue weighted by molar-refractivity contribution is -0.129. The van der Waals surface area contributed by atoms with E-state index in [-0.39, 0.29) is 24.2 Å². The van der Waals surface area contributed by atoms with Gasteiger partial charge in [0.15, 0.2) is 0 Å². The van der Waals surface area contributed by atoms with Crippen molar-refractivity contribution in [1.82, 2.24) is 15.2 Å². The van der Waals surface area contributed by atoms with E-state index in [1.165, 1.54) is 0 Å². The van der Waals surface area contributed by atoms with Crippen molar-refractivity contribution in [2.75, 3.05) is 26.8 Å². The Labute approximate surface area is 118 Å². The molecule has 108 valence electrons. The molecule has 0 aliphatic carbocycles. The molecule has 1 aromatic rings. The van der Waals surface area contributed by atoms with Crippen LogP contribution >= 0.6 is 0 Å². The maximum absolute atomic E-state index is 11.9. The van der Waals surface area contributed by atoms with Crippen molar-refractivity contribution in [2.24, 2.45) is 5.92 Å². The number of carbonyl (C=O) groups is 2. The number of nitrogens with zero attached hydrogens (tertiary/aromatic N) is 2. The van der Waals surface area contributed by atoms with Crippen LogP contribution in [0.5, 0.6) is 0 Å². The van der Waals surface area contributed by atoms with Gasteiger partial charge in [0, 0.05) is 32.8 Å². The Bertz CT molecular complexity index is 464. The van der Waals surface area contributed by atoms with E-state index in [0.29, 0.717) is 26.2 Å². The fraction of sp³-hybridized carbons (Fsp3) is 0.500. The summed E-state index contributed by atoms with van der Waals surface area (Å²) >= 11 is 0. The lowest BCUT2D eigenvalue weighted by atomic mass is 10.1. The molecule has 0 spiro atoms. The number of ether oxygens (including phenoxy) is 1. The number of hydrogen-bond donors (Lipinski definition) is 1. The first-order chi connectivity index (χ1) is 9.70. The van der Waals surface area contributed by atoms with E-state index in [0.717, 1.165) is 5.69 Å². The van der Waals surface area contributed by atoms with Gasteiger partial charge in [-0.05, 0) is 12.1 Å². The first-order valence-electron chi connectivity index (χ1n) is 6.65. The Morgan fingerprint density at radius 3 is 3.10 bits per heavy atom. The molecule has 0 radical (unpaired) electrons. The minimum Gasteiger partial charge on any atom is -0.383 e. The predicted octanol–water partition coefficient (Wildman–Crippen LogP) is 0.193. The van der Waals surface area contributed by atoms with Gasteiger partial charge in [0.2, 0.25) is 11.8 Å². The maximum Gasteiger partial charge on any atom is 0.225 e. The molecule has 1 fully saturated rings. The van der Waals surface area contributed by atoms with Crippen LogP contribution in [0.2, 0.25) is 0 Å². The summed E-state index contributed by atoms with van der Waals surface area (Å²) in [5, 5.41) is 2.77. The van der Waals surface area contributed by atoms with E-state index < -0.39 is 0 Å². The summed E-state index contributed by atoms with van der Waals surface area (Å²) in [6.45, 7) is 1.86. The molecule has 1 aromatic heterocycles. The number of amides is 2. The Kier molecular flexibility index (Phi) is 5.06. The quantitative estimate of drug-likeness (QED) is 0.754. The van der Waals surface area contributed by atoms with Crippen LogP contribution in [-0.4, -0.2) is 48.5 Å². The number of rotatable bonds is 6. The molecule has 1 saturated heterocycles. The number of aromatic nitrogens is 1. The van der Waals surface area contributed by atoms with E-state index in [4.69, 9.17) is 4.74 Å². The summed E-state index contributed by atoms with van der Waals surface area (Å²) in [6.07, 6.45) is 1.97. The second-order valence-corrected chi connectivity index (χ2v) is 4.78. The van der Waals surface area contributed by atoms with Gasteiger partial charge in [-0.3, -0.25) is 14.6 Å². The third-order valence-corrected chi connectivity index (χ3v) is 3.27. The monoisotopic (exact) mass is 277 g/mol. The zero-order valence-corrected chi connectivity index (χ0v) is 11.5. The molecule has 0 saturated carbocycles. The molecular weight excluding hydrogens is 258 g/mol. The van der Waals surface area contributed by atoms with Gasteiger partial charge in [0.1, 0.15) is 0 Å². The summed E-state index contributed by atoms with van der Waals surface area (Å²) < 4.78 is 4.88. The van der Waals surface area contributed by atoms with Crippen LogP contribution in [-0.2, 0) is 20.9 Å². The molecule has 1 N–H and O–H groups in total. The van der Waals surface area contributed by atoms with Crippen LogP contribution in [0.15, 0.2) is 24.4 Å². The summed E-state index contributed by atoms with van der Waals surface area (Å²) in [5.41, 5.74) is 0.835. The van der Waals surface area contributed by atoms with Gasteiger partial charge in [0.25, 0.3) is 0 Å². The highest BCUT2D eigenvalue weighted by molar-refractivity contribution is 5.89. The minimum absolute atomic E-state index is 0.00236. The topological polar surface area (TPSA) is 71.5 Å². The van der Waals surface area contributed by atoms with Crippen LogP contribution in [0.25, 0.3) is 0 Å². The van der Waals surface area contributed by atoms with Crippen LogP contribution in [0.1, 0.15) is 12.1 Å². The highest BCUT2D eigenvalue weighted by atomic mass is 16.5. The van der Waals surface area contributed by atoms with Crippen LogP contribution in [0.3, 0.4) is 0 Å². The van der Waals surface area contributed by atoms with E-state index >= 15 is 0 Å². The number of methoxy groups -OCH3 is 1. The van der Waals surface area contributed by atoms with Crippen molar-refractivity contribution in [1.29, 1.82) is 0 Å². The highest BCUT2D eigenvalue weighted by Crippen LogP contribution is 2.19. The number of pyridine rings is 1. The molecule has 0 bridgehead atoms. The summed E-state index contributed by atoms with van der Waals surface area (Å²) in [7, 11) is 1.58. The number of hydrogen-bond acceptors (Lipinski definition) is 4. The van der Waals surface area contributed by atoms with Crippen molar-refractivity contribution in [3.8, 4) is 0 Å². The van der Waals surface area contributed by atoms with Gasteiger partial charge < -0.3 is 15.0 Å². The molecule has 2 heterocycles. The number of nitrogens with one attached hydrogen (secondary N) is 1. The minimum atomic E-state index is -0.275. The first kappa shape index (κ1) is 14.5. The van der Waals surface area contributed by atoms with Gasteiger partial charge >= 0.3 is 0 Å². The second kappa shape index (κ2) is 7.00. The van der Waals surface area contributed by atoms with Crippen molar-refractivity contribution < 1.29 is 14.3 Å². The maximum atomic E-state index is 11.9. The van der Waals surface area contributed by atoms with Crippen molar-refractivity contribution in [3.05, 3.63) is 30.1 Å². The van der Waals surface area contributed by atoms with Gasteiger partial charge in [-0.25, -0.2) is 0 Å². The lowest BCUT2D eigenvalue weighted by Gasteiger charge is -2.16. The standard InChI is InChI=1S/C14H19N3O3/c1-20-7-6-16-14(19)11-8-13(18)17(9-11)10-12-4-2-3-5-15-12/h2-5,11H,6-10H2,1H3,(H,16,19)/t11-/m1/s1. The Morgan fingerprint density at radius 2 is 2.40 bits per heavy atom. The van der Waals surface area contributed by atoms with Gasteiger partial charge in [-0.15, -0.1) is 0 Å². The molecule has 1 atom stereocenters. The van der Waals surface area contributed by atoms with Crippen LogP contribution < -0.4 is 5.32 Å². The average Bonchev–Trinajstić information content (AvgIpc) is 2.82. The Morgan fingerprint density at radius 1 is 1.55 bits per heavy atom. The summed E-state index contributed by atoms with van der Waals surface area (Å²) in [4.78, 5) is 29.7. The van der Waals surface area contributed by atoms with Crippen LogP contribution in [0.4, 0.5) is 0 Å². The van der Waals surface area contributed by atoms with Gasteiger partial charge in [0.05, 0.1) is 24.8 Å².